The van der Waals surface area contributed by atoms with Gasteiger partial charge in [-0.15, -0.1) is 0 Å². The summed E-state index contributed by atoms with van der Waals surface area (Å²) in [7, 11) is 1.80. The van der Waals surface area contributed by atoms with Gasteiger partial charge in [-0.2, -0.15) is 0 Å². The summed E-state index contributed by atoms with van der Waals surface area (Å²) in [4.78, 5) is 22.5. The topological polar surface area (TPSA) is 84.2 Å². The van der Waals surface area contributed by atoms with Gasteiger partial charge in [-0.25, -0.2) is 0 Å². The fourth-order valence-electron chi connectivity index (χ4n) is 1.38. The molecule has 0 aliphatic heterocycles. The van der Waals surface area contributed by atoms with E-state index in [0.29, 0.717) is 17.8 Å². The Bertz CT molecular complexity index is 401. The molecule has 4 N–H and O–H groups in total. The van der Waals surface area contributed by atoms with E-state index in [-0.39, 0.29) is 11.8 Å². The summed E-state index contributed by atoms with van der Waals surface area (Å²) in [5, 5.41) is 5.70. The monoisotopic (exact) mass is 235 g/mol. The van der Waals surface area contributed by atoms with Gasteiger partial charge in [0.05, 0.1) is 0 Å². The lowest BCUT2D eigenvalue weighted by Crippen LogP contribution is -2.28. The molecule has 5 heteroatoms. The van der Waals surface area contributed by atoms with Gasteiger partial charge in [0.15, 0.2) is 0 Å². The van der Waals surface area contributed by atoms with Gasteiger partial charge in [0.1, 0.15) is 0 Å². The SMILES string of the molecule is CNCC(C)C(=O)Nc1ccc(C(N)=O)cc1. The van der Waals surface area contributed by atoms with Crippen molar-refractivity contribution in [2.45, 2.75) is 6.92 Å². The lowest BCUT2D eigenvalue weighted by Gasteiger charge is -2.11. The lowest BCUT2D eigenvalue weighted by atomic mass is 10.1. The van der Waals surface area contributed by atoms with Gasteiger partial charge < -0.3 is 16.4 Å². The van der Waals surface area contributed by atoms with Crippen molar-refractivity contribution in [2.24, 2.45) is 11.7 Å². The number of hydrogen-bond acceptors (Lipinski definition) is 3. The third-order valence-corrected chi connectivity index (χ3v) is 2.39. The van der Waals surface area contributed by atoms with Crippen molar-refractivity contribution in [2.75, 3.05) is 18.9 Å². The van der Waals surface area contributed by atoms with Gasteiger partial charge in [0.2, 0.25) is 11.8 Å². The third-order valence-electron chi connectivity index (χ3n) is 2.39. The summed E-state index contributed by atoms with van der Waals surface area (Å²) in [5.74, 6) is -0.659. The molecular weight excluding hydrogens is 218 g/mol. The number of primary amides is 1. The van der Waals surface area contributed by atoms with Crippen LogP contribution in [0.4, 0.5) is 5.69 Å². The highest BCUT2D eigenvalue weighted by Crippen LogP contribution is 2.10. The number of benzene rings is 1. The summed E-state index contributed by atoms with van der Waals surface area (Å²) >= 11 is 0. The van der Waals surface area contributed by atoms with Crippen LogP contribution in [0, 0.1) is 5.92 Å². The minimum atomic E-state index is -0.480. The molecule has 0 fully saturated rings. The number of nitrogens with one attached hydrogen (secondary N) is 2. The molecule has 5 nitrogen and oxygen atoms in total. The fraction of sp³-hybridized carbons (Fsp3) is 0.333. The predicted octanol–water partition coefficient (Wildman–Crippen LogP) is 0.580. The van der Waals surface area contributed by atoms with Crippen molar-refractivity contribution in [1.82, 2.24) is 5.32 Å². The van der Waals surface area contributed by atoms with Crippen LogP contribution in [-0.4, -0.2) is 25.4 Å². The number of hydrogen-bond donors (Lipinski definition) is 3. The van der Waals surface area contributed by atoms with Gasteiger partial charge >= 0.3 is 0 Å². The molecule has 0 radical (unpaired) electrons. The zero-order valence-electron chi connectivity index (χ0n) is 9.99. The van der Waals surface area contributed by atoms with Crippen molar-refractivity contribution in [3.8, 4) is 0 Å². The second-order valence-corrected chi connectivity index (χ2v) is 3.89. The predicted molar refractivity (Wildman–Crippen MR) is 66.7 cm³/mol. The molecule has 0 saturated heterocycles. The minimum absolute atomic E-state index is 0.0637. The molecular formula is C12H17N3O2. The van der Waals surface area contributed by atoms with Crippen LogP contribution in [0.15, 0.2) is 24.3 Å². The Hall–Kier alpha value is -1.88. The van der Waals surface area contributed by atoms with Gasteiger partial charge in [-0.05, 0) is 31.3 Å². The highest BCUT2D eigenvalue weighted by atomic mass is 16.2. The quantitative estimate of drug-likeness (QED) is 0.698. The molecule has 1 atom stereocenters. The Balaban J connectivity index is 2.63. The van der Waals surface area contributed by atoms with E-state index < -0.39 is 5.91 Å². The average Bonchev–Trinajstić information content (AvgIpc) is 2.30. The largest absolute Gasteiger partial charge is 0.366 e. The van der Waals surface area contributed by atoms with Crippen LogP contribution in [0.3, 0.4) is 0 Å². The molecule has 0 aliphatic rings. The van der Waals surface area contributed by atoms with Crippen molar-refractivity contribution in [3.05, 3.63) is 29.8 Å². The fourth-order valence-corrected chi connectivity index (χ4v) is 1.38. The molecule has 92 valence electrons. The summed E-state index contributed by atoms with van der Waals surface area (Å²) in [5.41, 5.74) is 6.20. The van der Waals surface area contributed by atoms with Crippen LogP contribution in [0.2, 0.25) is 0 Å². The Morgan fingerprint density at radius 3 is 2.35 bits per heavy atom. The van der Waals surface area contributed by atoms with Crippen LogP contribution in [0.1, 0.15) is 17.3 Å². The maximum Gasteiger partial charge on any atom is 0.248 e. The van der Waals surface area contributed by atoms with E-state index in [1.807, 2.05) is 6.92 Å². The number of rotatable bonds is 5. The summed E-state index contributed by atoms with van der Waals surface area (Å²) in [6.45, 7) is 2.45. The Morgan fingerprint density at radius 1 is 1.29 bits per heavy atom. The van der Waals surface area contributed by atoms with E-state index in [4.69, 9.17) is 5.73 Å². The van der Waals surface area contributed by atoms with Crippen LogP contribution in [-0.2, 0) is 4.79 Å². The van der Waals surface area contributed by atoms with Crippen LogP contribution >= 0.6 is 0 Å². The number of amides is 2. The van der Waals surface area contributed by atoms with E-state index in [0.717, 1.165) is 0 Å². The van der Waals surface area contributed by atoms with Gasteiger partial charge in [0.25, 0.3) is 0 Å². The molecule has 0 aromatic heterocycles. The summed E-state index contributed by atoms with van der Waals surface area (Å²) in [6, 6.07) is 6.48. The van der Waals surface area contributed by atoms with E-state index in [9.17, 15) is 9.59 Å². The van der Waals surface area contributed by atoms with E-state index >= 15 is 0 Å². The first-order valence-corrected chi connectivity index (χ1v) is 5.40. The number of nitrogens with two attached hydrogens (primary N) is 1. The molecule has 0 bridgehead atoms. The molecule has 0 spiro atoms. The molecule has 0 aliphatic carbocycles. The molecule has 0 saturated carbocycles. The zero-order valence-corrected chi connectivity index (χ0v) is 9.99. The lowest BCUT2D eigenvalue weighted by molar-refractivity contribution is -0.119. The number of anilines is 1. The number of carbonyl (C=O) groups excluding carboxylic acids is 2. The van der Waals surface area contributed by atoms with Crippen LogP contribution in [0.5, 0.6) is 0 Å². The van der Waals surface area contributed by atoms with Crippen LogP contribution < -0.4 is 16.4 Å². The summed E-state index contributed by atoms with van der Waals surface area (Å²) < 4.78 is 0. The van der Waals surface area contributed by atoms with E-state index in [1.54, 1.807) is 31.3 Å². The normalized spacial score (nSPS) is 11.9. The van der Waals surface area contributed by atoms with Crippen molar-refractivity contribution >= 4 is 17.5 Å². The Morgan fingerprint density at radius 2 is 1.88 bits per heavy atom. The number of carbonyl (C=O) groups is 2. The Labute approximate surface area is 100 Å². The minimum Gasteiger partial charge on any atom is -0.366 e. The van der Waals surface area contributed by atoms with Gasteiger partial charge in [-0.3, -0.25) is 9.59 Å². The molecule has 1 aromatic rings. The third kappa shape index (κ3) is 3.88. The van der Waals surface area contributed by atoms with Gasteiger partial charge in [0, 0.05) is 23.7 Å². The zero-order chi connectivity index (χ0) is 12.8. The van der Waals surface area contributed by atoms with E-state index in [2.05, 4.69) is 10.6 Å². The molecule has 0 heterocycles. The molecule has 1 unspecified atom stereocenters. The molecule has 17 heavy (non-hydrogen) atoms. The second-order valence-electron chi connectivity index (χ2n) is 3.89. The first-order chi connectivity index (χ1) is 8.04. The Kier molecular flexibility index (Phi) is 4.66. The average molecular weight is 235 g/mol. The smallest absolute Gasteiger partial charge is 0.248 e. The first kappa shape index (κ1) is 13.2. The van der Waals surface area contributed by atoms with Crippen molar-refractivity contribution in [1.29, 1.82) is 0 Å². The van der Waals surface area contributed by atoms with E-state index in [1.165, 1.54) is 0 Å². The highest BCUT2D eigenvalue weighted by Gasteiger charge is 2.11. The summed E-state index contributed by atoms with van der Waals surface area (Å²) in [6.07, 6.45) is 0. The van der Waals surface area contributed by atoms with Crippen LogP contribution in [0.25, 0.3) is 0 Å². The second kappa shape index (κ2) is 6.00. The first-order valence-electron chi connectivity index (χ1n) is 5.40. The van der Waals surface area contributed by atoms with Gasteiger partial charge in [-0.1, -0.05) is 6.92 Å². The molecule has 1 aromatic carbocycles. The molecule has 2 amide bonds. The van der Waals surface area contributed by atoms with Crippen molar-refractivity contribution < 1.29 is 9.59 Å². The standard InChI is InChI=1S/C12H17N3O2/c1-8(7-14-2)12(17)15-10-5-3-9(4-6-10)11(13)16/h3-6,8,14H,7H2,1-2H3,(H2,13,16)(H,15,17). The maximum absolute atomic E-state index is 11.7. The van der Waals surface area contributed by atoms with Crippen molar-refractivity contribution in [3.63, 3.8) is 0 Å². The highest BCUT2D eigenvalue weighted by molar-refractivity contribution is 5.95. The molecule has 1 rings (SSSR count). The maximum atomic E-state index is 11.7.